The molecule has 0 aliphatic heterocycles. The van der Waals surface area contributed by atoms with E-state index in [2.05, 4.69) is 34.6 Å². The SMILES string of the molecule is CCC(C)CC1CC(C(C)(C)C)CCC1O. The zero-order valence-corrected chi connectivity index (χ0v) is 11.8. The Balaban J connectivity index is 2.55. The van der Waals surface area contributed by atoms with E-state index >= 15 is 0 Å². The Labute approximate surface area is 102 Å². The minimum absolute atomic E-state index is 0.0346. The molecule has 0 aromatic rings. The van der Waals surface area contributed by atoms with E-state index in [1.165, 1.54) is 25.7 Å². The maximum absolute atomic E-state index is 10.1. The minimum atomic E-state index is -0.0346. The maximum atomic E-state index is 10.1. The summed E-state index contributed by atoms with van der Waals surface area (Å²) in [6, 6.07) is 0. The van der Waals surface area contributed by atoms with Gasteiger partial charge in [-0.15, -0.1) is 0 Å². The molecule has 1 aliphatic carbocycles. The summed E-state index contributed by atoms with van der Waals surface area (Å²) in [4.78, 5) is 0. The Morgan fingerprint density at radius 2 is 1.88 bits per heavy atom. The highest BCUT2D eigenvalue weighted by molar-refractivity contribution is 4.86. The molecule has 0 radical (unpaired) electrons. The molecule has 0 aromatic carbocycles. The van der Waals surface area contributed by atoms with Gasteiger partial charge in [0, 0.05) is 0 Å². The Hall–Kier alpha value is -0.0400. The highest BCUT2D eigenvalue weighted by Crippen LogP contribution is 2.42. The van der Waals surface area contributed by atoms with Crippen molar-refractivity contribution in [2.45, 2.75) is 72.8 Å². The van der Waals surface area contributed by atoms with Gasteiger partial charge in [-0.2, -0.15) is 0 Å². The van der Waals surface area contributed by atoms with Crippen LogP contribution < -0.4 is 0 Å². The number of hydrogen-bond donors (Lipinski definition) is 1. The summed E-state index contributed by atoms with van der Waals surface area (Å²) in [5.41, 5.74) is 0.411. The Kier molecular flexibility index (Phi) is 4.85. The molecule has 0 aromatic heterocycles. The largest absolute Gasteiger partial charge is 0.393 e. The van der Waals surface area contributed by atoms with Crippen LogP contribution in [0.15, 0.2) is 0 Å². The van der Waals surface area contributed by atoms with Crippen LogP contribution in [0.25, 0.3) is 0 Å². The molecule has 0 heterocycles. The van der Waals surface area contributed by atoms with E-state index in [0.717, 1.165) is 18.3 Å². The van der Waals surface area contributed by atoms with Gasteiger partial charge in [-0.3, -0.25) is 0 Å². The van der Waals surface area contributed by atoms with Crippen LogP contribution in [0, 0.1) is 23.2 Å². The van der Waals surface area contributed by atoms with Gasteiger partial charge in [-0.05, 0) is 48.9 Å². The molecule has 0 amide bonds. The van der Waals surface area contributed by atoms with E-state index < -0.39 is 0 Å². The molecule has 96 valence electrons. The molecule has 1 nitrogen and oxygen atoms in total. The van der Waals surface area contributed by atoms with Crippen molar-refractivity contribution in [1.29, 1.82) is 0 Å². The predicted molar refractivity (Wildman–Crippen MR) is 70.4 cm³/mol. The van der Waals surface area contributed by atoms with Gasteiger partial charge in [0.15, 0.2) is 0 Å². The highest BCUT2D eigenvalue weighted by atomic mass is 16.3. The van der Waals surface area contributed by atoms with Gasteiger partial charge >= 0.3 is 0 Å². The van der Waals surface area contributed by atoms with Gasteiger partial charge in [0.05, 0.1) is 6.10 Å². The van der Waals surface area contributed by atoms with E-state index in [1.807, 2.05) is 0 Å². The molecule has 1 fully saturated rings. The first-order valence-electron chi connectivity index (χ1n) is 7.02. The first-order valence-corrected chi connectivity index (χ1v) is 7.02. The van der Waals surface area contributed by atoms with Crippen molar-refractivity contribution in [3.05, 3.63) is 0 Å². The van der Waals surface area contributed by atoms with Crippen LogP contribution in [0.2, 0.25) is 0 Å². The number of aliphatic hydroxyl groups excluding tert-OH is 1. The smallest absolute Gasteiger partial charge is 0.0568 e. The van der Waals surface area contributed by atoms with Crippen molar-refractivity contribution < 1.29 is 5.11 Å². The third kappa shape index (κ3) is 3.76. The van der Waals surface area contributed by atoms with Crippen molar-refractivity contribution in [3.63, 3.8) is 0 Å². The highest BCUT2D eigenvalue weighted by Gasteiger charge is 2.35. The molecule has 1 aliphatic rings. The van der Waals surface area contributed by atoms with E-state index in [-0.39, 0.29) is 6.10 Å². The summed E-state index contributed by atoms with van der Waals surface area (Å²) in [7, 11) is 0. The van der Waals surface area contributed by atoms with Gasteiger partial charge in [0.25, 0.3) is 0 Å². The van der Waals surface area contributed by atoms with E-state index in [4.69, 9.17) is 0 Å². The number of aliphatic hydroxyl groups is 1. The average Bonchev–Trinajstić information content (AvgIpc) is 2.19. The van der Waals surface area contributed by atoms with Crippen LogP contribution in [0.3, 0.4) is 0 Å². The molecule has 0 bridgehead atoms. The first-order chi connectivity index (χ1) is 7.34. The first kappa shape index (κ1) is 14.0. The molecule has 16 heavy (non-hydrogen) atoms. The number of rotatable bonds is 3. The fourth-order valence-electron chi connectivity index (χ4n) is 2.97. The van der Waals surface area contributed by atoms with Crippen LogP contribution in [0.4, 0.5) is 0 Å². The standard InChI is InChI=1S/C15H30O/c1-6-11(2)9-12-10-13(15(3,4)5)7-8-14(12)16/h11-14,16H,6-10H2,1-5H3. The molecule has 0 saturated heterocycles. The van der Waals surface area contributed by atoms with Crippen LogP contribution in [0.1, 0.15) is 66.7 Å². The summed E-state index contributed by atoms with van der Waals surface area (Å²) in [5, 5.41) is 10.1. The van der Waals surface area contributed by atoms with Crippen molar-refractivity contribution in [1.82, 2.24) is 0 Å². The molecule has 4 unspecified atom stereocenters. The van der Waals surface area contributed by atoms with Crippen LogP contribution in [-0.2, 0) is 0 Å². The van der Waals surface area contributed by atoms with Crippen LogP contribution in [0.5, 0.6) is 0 Å². The van der Waals surface area contributed by atoms with Crippen molar-refractivity contribution in [2.75, 3.05) is 0 Å². The lowest BCUT2D eigenvalue weighted by Gasteiger charge is -2.41. The average molecular weight is 226 g/mol. The Morgan fingerprint density at radius 1 is 1.25 bits per heavy atom. The minimum Gasteiger partial charge on any atom is -0.393 e. The Bertz CT molecular complexity index is 204. The molecule has 0 spiro atoms. The summed E-state index contributed by atoms with van der Waals surface area (Å²) < 4.78 is 0. The summed E-state index contributed by atoms with van der Waals surface area (Å²) in [6.45, 7) is 11.6. The normalized spacial score (nSPS) is 33.8. The quantitative estimate of drug-likeness (QED) is 0.763. The number of hydrogen-bond acceptors (Lipinski definition) is 1. The summed E-state index contributed by atoms with van der Waals surface area (Å²) in [5.74, 6) is 2.11. The predicted octanol–water partition coefficient (Wildman–Crippen LogP) is 4.25. The maximum Gasteiger partial charge on any atom is 0.0568 e. The second-order valence-corrected chi connectivity index (χ2v) is 6.95. The van der Waals surface area contributed by atoms with Gasteiger partial charge in [-0.1, -0.05) is 41.0 Å². The van der Waals surface area contributed by atoms with Crippen molar-refractivity contribution >= 4 is 0 Å². The van der Waals surface area contributed by atoms with Crippen LogP contribution >= 0.6 is 0 Å². The lowest BCUT2D eigenvalue weighted by atomic mass is 9.66. The summed E-state index contributed by atoms with van der Waals surface area (Å²) >= 11 is 0. The topological polar surface area (TPSA) is 20.2 Å². The van der Waals surface area contributed by atoms with E-state index in [1.54, 1.807) is 0 Å². The third-order valence-electron chi connectivity index (χ3n) is 4.57. The molecular formula is C15H30O. The lowest BCUT2D eigenvalue weighted by molar-refractivity contribution is 0.00961. The van der Waals surface area contributed by atoms with Gasteiger partial charge in [0.1, 0.15) is 0 Å². The molecule has 1 rings (SSSR count). The molecular weight excluding hydrogens is 196 g/mol. The molecule has 1 N–H and O–H groups in total. The van der Waals surface area contributed by atoms with Gasteiger partial charge in [-0.25, -0.2) is 0 Å². The van der Waals surface area contributed by atoms with Crippen molar-refractivity contribution in [3.8, 4) is 0 Å². The molecule has 1 saturated carbocycles. The third-order valence-corrected chi connectivity index (χ3v) is 4.57. The second kappa shape index (κ2) is 5.53. The van der Waals surface area contributed by atoms with Gasteiger partial charge < -0.3 is 5.11 Å². The van der Waals surface area contributed by atoms with E-state index in [0.29, 0.717) is 11.3 Å². The van der Waals surface area contributed by atoms with Gasteiger partial charge in [0.2, 0.25) is 0 Å². The summed E-state index contributed by atoms with van der Waals surface area (Å²) in [6.07, 6.45) is 5.88. The van der Waals surface area contributed by atoms with E-state index in [9.17, 15) is 5.11 Å². The monoisotopic (exact) mass is 226 g/mol. The van der Waals surface area contributed by atoms with Crippen LogP contribution in [-0.4, -0.2) is 11.2 Å². The zero-order valence-electron chi connectivity index (χ0n) is 11.8. The fourth-order valence-corrected chi connectivity index (χ4v) is 2.97. The Morgan fingerprint density at radius 3 is 2.38 bits per heavy atom. The van der Waals surface area contributed by atoms with Crippen molar-refractivity contribution in [2.24, 2.45) is 23.2 Å². The fraction of sp³-hybridized carbons (Fsp3) is 1.00. The zero-order chi connectivity index (χ0) is 12.3. The second-order valence-electron chi connectivity index (χ2n) is 6.95. The molecule has 4 atom stereocenters. The lowest BCUT2D eigenvalue weighted by Crippen LogP contribution is -2.35. The molecule has 1 heteroatoms.